The molecule has 0 bridgehead atoms. The molecule has 0 radical (unpaired) electrons. The van der Waals surface area contributed by atoms with Gasteiger partial charge in [0.05, 0.1) is 12.7 Å². The van der Waals surface area contributed by atoms with Gasteiger partial charge in [-0.1, -0.05) is 63.2 Å². The number of carbonyl (C=O) groups excluding carboxylic acids is 2. The van der Waals surface area contributed by atoms with Crippen LogP contribution in [0.15, 0.2) is 54.6 Å². The molecule has 1 aliphatic rings. The lowest BCUT2D eigenvalue weighted by Gasteiger charge is -2.33. The summed E-state index contributed by atoms with van der Waals surface area (Å²) in [7, 11) is 1.39. The normalized spacial score (nSPS) is 15.7. The Kier molecular flexibility index (Phi) is 6.20. The fourth-order valence-corrected chi connectivity index (χ4v) is 5.66. The highest BCUT2D eigenvalue weighted by atomic mass is 32.1. The lowest BCUT2D eigenvalue weighted by molar-refractivity contribution is 0.0600. The SMILES string of the molecule is COC(=O)c1c(NC(=O)c2ccc(-c3ccccc3)cc2)sc2c1CCC(C(C)(C)C)C2. The van der Waals surface area contributed by atoms with Gasteiger partial charge in [0.15, 0.2) is 0 Å². The van der Waals surface area contributed by atoms with Crippen molar-refractivity contribution in [2.75, 3.05) is 12.4 Å². The molecule has 1 aliphatic carbocycles. The minimum absolute atomic E-state index is 0.205. The van der Waals surface area contributed by atoms with Crippen LogP contribution in [0.4, 0.5) is 5.00 Å². The number of amides is 1. The zero-order valence-corrected chi connectivity index (χ0v) is 19.8. The van der Waals surface area contributed by atoms with E-state index in [9.17, 15) is 9.59 Å². The van der Waals surface area contributed by atoms with Crippen LogP contribution in [0, 0.1) is 11.3 Å². The highest BCUT2D eigenvalue weighted by Crippen LogP contribution is 2.44. The zero-order chi connectivity index (χ0) is 22.9. The van der Waals surface area contributed by atoms with E-state index in [0.29, 0.717) is 22.0 Å². The summed E-state index contributed by atoms with van der Waals surface area (Å²) in [6, 6.07) is 17.6. The second-order valence-electron chi connectivity index (χ2n) is 9.40. The number of ether oxygens (including phenoxy) is 1. The van der Waals surface area contributed by atoms with Gasteiger partial charge >= 0.3 is 5.97 Å². The van der Waals surface area contributed by atoms with E-state index in [4.69, 9.17) is 4.74 Å². The maximum Gasteiger partial charge on any atom is 0.341 e. The number of benzene rings is 2. The van der Waals surface area contributed by atoms with Crippen LogP contribution >= 0.6 is 11.3 Å². The first-order chi connectivity index (χ1) is 15.3. The Morgan fingerprint density at radius 3 is 2.28 bits per heavy atom. The highest BCUT2D eigenvalue weighted by Gasteiger charge is 2.34. The summed E-state index contributed by atoms with van der Waals surface area (Å²) < 4.78 is 5.06. The molecule has 1 heterocycles. The minimum Gasteiger partial charge on any atom is -0.465 e. The van der Waals surface area contributed by atoms with Crippen LogP contribution in [-0.4, -0.2) is 19.0 Å². The number of fused-ring (bicyclic) bond motifs is 1. The second-order valence-corrected chi connectivity index (χ2v) is 10.5. The Hall–Kier alpha value is -2.92. The van der Waals surface area contributed by atoms with Crippen molar-refractivity contribution in [2.45, 2.75) is 40.0 Å². The van der Waals surface area contributed by atoms with Crippen molar-refractivity contribution in [3.8, 4) is 11.1 Å². The number of hydrogen-bond acceptors (Lipinski definition) is 4. The van der Waals surface area contributed by atoms with Crippen molar-refractivity contribution in [2.24, 2.45) is 11.3 Å². The zero-order valence-electron chi connectivity index (χ0n) is 19.0. The van der Waals surface area contributed by atoms with Gasteiger partial charge in [-0.25, -0.2) is 4.79 Å². The fourth-order valence-electron chi connectivity index (χ4n) is 4.35. The Morgan fingerprint density at radius 1 is 1.00 bits per heavy atom. The maximum atomic E-state index is 13.0. The first kappa shape index (κ1) is 22.3. The van der Waals surface area contributed by atoms with E-state index >= 15 is 0 Å². The Morgan fingerprint density at radius 2 is 1.66 bits per heavy atom. The second kappa shape index (κ2) is 8.91. The first-order valence-electron chi connectivity index (χ1n) is 11.0. The van der Waals surface area contributed by atoms with Crippen LogP contribution in [0.25, 0.3) is 11.1 Å². The van der Waals surface area contributed by atoms with E-state index in [1.165, 1.54) is 23.3 Å². The number of carbonyl (C=O) groups is 2. The van der Waals surface area contributed by atoms with E-state index < -0.39 is 0 Å². The van der Waals surface area contributed by atoms with Crippen LogP contribution in [0.1, 0.15) is 58.3 Å². The highest BCUT2D eigenvalue weighted by molar-refractivity contribution is 7.17. The van der Waals surface area contributed by atoms with Gasteiger partial charge in [-0.15, -0.1) is 11.3 Å². The van der Waals surface area contributed by atoms with E-state index in [-0.39, 0.29) is 17.3 Å². The molecule has 166 valence electrons. The molecule has 4 nitrogen and oxygen atoms in total. The molecule has 1 N–H and O–H groups in total. The smallest absolute Gasteiger partial charge is 0.341 e. The molecule has 5 heteroatoms. The van der Waals surface area contributed by atoms with Crippen molar-refractivity contribution in [1.82, 2.24) is 0 Å². The number of rotatable bonds is 4. The molecular formula is C27H29NO3S. The monoisotopic (exact) mass is 447 g/mol. The molecule has 3 aromatic rings. The van der Waals surface area contributed by atoms with Gasteiger partial charge in [-0.2, -0.15) is 0 Å². The summed E-state index contributed by atoms with van der Waals surface area (Å²) in [6.45, 7) is 6.79. The van der Waals surface area contributed by atoms with E-state index in [1.807, 2.05) is 54.6 Å². The van der Waals surface area contributed by atoms with Gasteiger partial charge < -0.3 is 10.1 Å². The van der Waals surface area contributed by atoms with E-state index in [1.54, 1.807) is 0 Å². The minimum atomic E-state index is -0.383. The Labute approximate surface area is 193 Å². The van der Waals surface area contributed by atoms with Gasteiger partial charge in [0, 0.05) is 10.4 Å². The summed E-state index contributed by atoms with van der Waals surface area (Å²) in [5.74, 6) is -0.0552. The van der Waals surface area contributed by atoms with Crippen LogP contribution in [0.5, 0.6) is 0 Å². The standard InChI is InChI=1S/C27H29NO3S/c1-27(2,3)20-14-15-21-22(16-20)32-25(23(21)26(30)31-4)28-24(29)19-12-10-18(11-13-19)17-8-6-5-7-9-17/h5-13,20H,14-16H2,1-4H3,(H,28,29). The molecule has 0 aliphatic heterocycles. The van der Waals surface area contributed by atoms with Crippen LogP contribution in [-0.2, 0) is 17.6 Å². The molecular weight excluding hydrogens is 418 g/mol. The number of hydrogen-bond donors (Lipinski definition) is 1. The van der Waals surface area contributed by atoms with Crippen LogP contribution in [0.3, 0.4) is 0 Å². The number of esters is 1. The summed E-state index contributed by atoms with van der Waals surface area (Å²) >= 11 is 1.52. The molecule has 1 atom stereocenters. The third kappa shape index (κ3) is 4.49. The van der Waals surface area contributed by atoms with Crippen LogP contribution in [0.2, 0.25) is 0 Å². The first-order valence-corrected chi connectivity index (χ1v) is 11.8. The molecule has 32 heavy (non-hydrogen) atoms. The van der Waals surface area contributed by atoms with E-state index in [0.717, 1.165) is 36.0 Å². The van der Waals surface area contributed by atoms with Crippen molar-refractivity contribution in [3.05, 3.63) is 76.2 Å². The summed E-state index contributed by atoms with van der Waals surface area (Å²) in [5.41, 5.74) is 4.48. The summed E-state index contributed by atoms with van der Waals surface area (Å²) in [6.07, 6.45) is 2.79. The van der Waals surface area contributed by atoms with Gasteiger partial charge in [0.2, 0.25) is 0 Å². The molecule has 1 aromatic heterocycles. The average Bonchev–Trinajstić information content (AvgIpc) is 3.15. The third-order valence-electron chi connectivity index (χ3n) is 6.36. The number of methoxy groups -OCH3 is 1. The Balaban J connectivity index is 1.59. The maximum absolute atomic E-state index is 13.0. The van der Waals surface area contributed by atoms with Crippen LogP contribution < -0.4 is 5.32 Å². The average molecular weight is 448 g/mol. The molecule has 2 aromatic carbocycles. The van der Waals surface area contributed by atoms with Crippen molar-refractivity contribution in [1.29, 1.82) is 0 Å². The van der Waals surface area contributed by atoms with Gasteiger partial charge in [-0.05, 0) is 59.4 Å². The molecule has 1 amide bonds. The lowest BCUT2D eigenvalue weighted by atomic mass is 9.72. The summed E-state index contributed by atoms with van der Waals surface area (Å²) in [5, 5.41) is 3.58. The molecule has 1 unspecified atom stereocenters. The molecule has 0 fully saturated rings. The number of nitrogens with one attached hydrogen (secondary N) is 1. The molecule has 0 spiro atoms. The molecule has 0 saturated heterocycles. The molecule has 0 saturated carbocycles. The topological polar surface area (TPSA) is 55.4 Å². The number of anilines is 1. The third-order valence-corrected chi connectivity index (χ3v) is 7.53. The van der Waals surface area contributed by atoms with Gasteiger partial charge in [0.25, 0.3) is 5.91 Å². The van der Waals surface area contributed by atoms with E-state index in [2.05, 4.69) is 26.1 Å². The van der Waals surface area contributed by atoms with Crippen molar-refractivity contribution < 1.29 is 14.3 Å². The molecule has 4 rings (SSSR count). The number of thiophene rings is 1. The van der Waals surface area contributed by atoms with Crippen molar-refractivity contribution in [3.63, 3.8) is 0 Å². The largest absolute Gasteiger partial charge is 0.465 e. The Bertz CT molecular complexity index is 1120. The summed E-state index contributed by atoms with van der Waals surface area (Å²) in [4.78, 5) is 26.8. The predicted octanol–water partition coefficient (Wildman–Crippen LogP) is 6.61. The lowest BCUT2D eigenvalue weighted by Crippen LogP contribution is -2.26. The fraction of sp³-hybridized carbons (Fsp3) is 0.333. The van der Waals surface area contributed by atoms with Crippen molar-refractivity contribution >= 4 is 28.2 Å². The predicted molar refractivity (Wildman–Crippen MR) is 130 cm³/mol. The quantitative estimate of drug-likeness (QED) is 0.458. The van der Waals surface area contributed by atoms with Gasteiger partial charge in [-0.3, -0.25) is 4.79 Å². The van der Waals surface area contributed by atoms with Gasteiger partial charge in [0.1, 0.15) is 5.00 Å².